The lowest BCUT2D eigenvalue weighted by Crippen LogP contribution is -2.18. The van der Waals surface area contributed by atoms with Crippen LogP contribution in [0.3, 0.4) is 0 Å². The third-order valence-corrected chi connectivity index (χ3v) is 4.34. The quantitative estimate of drug-likeness (QED) is 0.654. The Balaban J connectivity index is 1.79. The van der Waals surface area contributed by atoms with Gasteiger partial charge in [0.1, 0.15) is 0 Å². The number of H-pyrrole nitrogens is 1. The summed E-state index contributed by atoms with van der Waals surface area (Å²) in [4.78, 5) is 31.1. The Labute approximate surface area is 161 Å². The van der Waals surface area contributed by atoms with Gasteiger partial charge in [0.25, 0.3) is 5.56 Å². The maximum absolute atomic E-state index is 12.5. The normalized spacial score (nSPS) is 10.5. The predicted octanol–water partition coefficient (Wildman–Crippen LogP) is 3.85. The van der Waals surface area contributed by atoms with Crippen molar-refractivity contribution in [1.29, 1.82) is 0 Å². The number of benzene rings is 2. The summed E-state index contributed by atoms with van der Waals surface area (Å²) in [6, 6.07) is 14.0. The summed E-state index contributed by atoms with van der Waals surface area (Å²) >= 11 is 5.90. The molecule has 0 bridgehead atoms. The number of aromatic amines is 1. The highest BCUT2D eigenvalue weighted by molar-refractivity contribution is 6.30. The van der Waals surface area contributed by atoms with Crippen LogP contribution in [-0.4, -0.2) is 23.0 Å². The molecule has 0 aliphatic rings. The van der Waals surface area contributed by atoms with Crippen LogP contribution in [0.5, 0.6) is 0 Å². The summed E-state index contributed by atoms with van der Waals surface area (Å²) in [5, 5.41) is 3.69. The number of halogens is 1. The second kappa shape index (κ2) is 8.05. The van der Waals surface area contributed by atoms with Crippen molar-refractivity contribution in [2.24, 2.45) is 0 Å². The molecule has 3 rings (SSSR count). The molecule has 0 spiro atoms. The molecule has 0 saturated carbocycles. The number of hydrogen-bond donors (Lipinski definition) is 2. The topological polar surface area (TPSA) is 84.1 Å². The standard InChI is InChI=1S/C20H18ClN3O3/c1-12-17(11-13-3-7-15(21)8-4-13)18(25)24-20(22-12)23-16-9-5-14(6-10-16)19(26)27-2/h3-10H,11H2,1-2H3,(H2,22,23,24,25). The molecule has 0 unspecified atom stereocenters. The first-order chi connectivity index (χ1) is 13.0. The van der Waals surface area contributed by atoms with Crippen LogP contribution in [-0.2, 0) is 11.2 Å². The number of anilines is 2. The van der Waals surface area contributed by atoms with Gasteiger partial charge in [-0.15, -0.1) is 0 Å². The van der Waals surface area contributed by atoms with Crippen LogP contribution in [0.15, 0.2) is 53.3 Å². The van der Waals surface area contributed by atoms with Gasteiger partial charge in [-0.05, 0) is 48.9 Å². The van der Waals surface area contributed by atoms with Crippen molar-refractivity contribution >= 4 is 29.2 Å². The Morgan fingerprint density at radius 2 is 1.81 bits per heavy atom. The highest BCUT2D eigenvalue weighted by Crippen LogP contribution is 2.16. The van der Waals surface area contributed by atoms with E-state index in [1.54, 1.807) is 43.3 Å². The number of aryl methyl sites for hydroxylation is 1. The molecule has 0 aliphatic heterocycles. The number of ether oxygens (including phenoxy) is 1. The average Bonchev–Trinajstić information content (AvgIpc) is 2.66. The second-order valence-corrected chi connectivity index (χ2v) is 6.41. The molecule has 0 fully saturated rings. The number of aromatic nitrogens is 2. The molecular weight excluding hydrogens is 366 g/mol. The average molecular weight is 384 g/mol. The number of hydrogen-bond acceptors (Lipinski definition) is 5. The Morgan fingerprint density at radius 3 is 2.41 bits per heavy atom. The van der Waals surface area contributed by atoms with Gasteiger partial charge in [-0.2, -0.15) is 0 Å². The molecular formula is C20H18ClN3O3. The fraction of sp³-hybridized carbons (Fsp3) is 0.150. The lowest BCUT2D eigenvalue weighted by atomic mass is 10.1. The van der Waals surface area contributed by atoms with E-state index in [2.05, 4.69) is 20.0 Å². The molecule has 1 aromatic heterocycles. The van der Waals surface area contributed by atoms with Gasteiger partial charge in [0.15, 0.2) is 0 Å². The van der Waals surface area contributed by atoms with Crippen molar-refractivity contribution in [3.63, 3.8) is 0 Å². The van der Waals surface area contributed by atoms with Gasteiger partial charge >= 0.3 is 5.97 Å². The fourth-order valence-electron chi connectivity index (χ4n) is 2.63. The smallest absolute Gasteiger partial charge is 0.337 e. The fourth-order valence-corrected chi connectivity index (χ4v) is 2.75. The number of carbonyl (C=O) groups is 1. The van der Waals surface area contributed by atoms with E-state index in [1.165, 1.54) is 7.11 Å². The largest absolute Gasteiger partial charge is 0.465 e. The molecule has 1 heterocycles. The summed E-state index contributed by atoms with van der Waals surface area (Å²) < 4.78 is 4.67. The molecule has 27 heavy (non-hydrogen) atoms. The van der Waals surface area contributed by atoms with Crippen LogP contribution in [0.25, 0.3) is 0 Å². The van der Waals surface area contributed by atoms with E-state index in [9.17, 15) is 9.59 Å². The van der Waals surface area contributed by atoms with E-state index < -0.39 is 5.97 Å². The zero-order chi connectivity index (χ0) is 19.4. The molecule has 7 heteroatoms. The molecule has 3 aromatic rings. The van der Waals surface area contributed by atoms with E-state index in [-0.39, 0.29) is 5.56 Å². The van der Waals surface area contributed by atoms with Gasteiger partial charge in [-0.3, -0.25) is 9.78 Å². The third kappa shape index (κ3) is 4.54. The maximum atomic E-state index is 12.5. The number of nitrogens with zero attached hydrogens (tertiary/aromatic N) is 1. The summed E-state index contributed by atoms with van der Waals surface area (Å²) in [5.41, 5.74) is 3.15. The maximum Gasteiger partial charge on any atom is 0.337 e. The van der Waals surface area contributed by atoms with Crippen molar-refractivity contribution in [3.05, 3.63) is 86.3 Å². The number of rotatable bonds is 5. The van der Waals surface area contributed by atoms with Gasteiger partial charge in [0.2, 0.25) is 5.95 Å². The molecule has 0 saturated heterocycles. The van der Waals surface area contributed by atoms with E-state index in [1.807, 2.05) is 12.1 Å². The van der Waals surface area contributed by atoms with Crippen molar-refractivity contribution in [3.8, 4) is 0 Å². The number of esters is 1. The number of nitrogens with one attached hydrogen (secondary N) is 2. The molecule has 0 aliphatic carbocycles. The summed E-state index contributed by atoms with van der Waals surface area (Å²) in [6.45, 7) is 1.80. The second-order valence-electron chi connectivity index (χ2n) is 5.98. The van der Waals surface area contributed by atoms with Gasteiger partial charge < -0.3 is 10.1 Å². The summed E-state index contributed by atoms with van der Waals surface area (Å²) in [6.07, 6.45) is 0.472. The van der Waals surface area contributed by atoms with Crippen molar-refractivity contribution in [1.82, 2.24) is 9.97 Å². The first-order valence-corrected chi connectivity index (χ1v) is 8.63. The van der Waals surface area contributed by atoms with E-state index in [0.717, 1.165) is 5.56 Å². The van der Waals surface area contributed by atoms with Crippen LogP contribution in [0.2, 0.25) is 5.02 Å². The minimum Gasteiger partial charge on any atom is -0.465 e. The highest BCUT2D eigenvalue weighted by Gasteiger charge is 2.10. The first kappa shape index (κ1) is 18.7. The Bertz CT molecular complexity index is 1010. The molecule has 0 amide bonds. The lowest BCUT2D eigenvalue weighted by molar-refractivity contribution is 0.0601. The molecule has 0 atom stereocenters. The Hall–Kier alpha value is -3.12. The van der Waals surface area contributed by atoms with Crippen molar-refractivity contribution in [2.75, 3.05) is 12.4 Å². The first-order valence-electron chi connectivity index (χ1n) is 8.26. The van der Waals surface area contributed by atoms with Gasteiger partial charge in [-0.1, -0.05) is 23.7 Å². The minimum absolute atomic E-state index is 0.203. The number of methoxy groups -OCH3 is 1. The van der Waals surface area contributed by atoms with Crippen LogP contribution in [0.1, 0.15) is 27.2 Å². The van der Waals surface area contributed by atoms with Crippen molar-refractivity contribution < 1.29 is 9.53 Å². The Morgan fingerprint density at radius 1 is 1.15 bits per heavy atom. The zero-order valence-corrected chi connectivity index (χ0v) is 15.6. The van der Waals surface area contributed by atoms with Gasteiger partial charge in [-0.25, -0.2) is 9.78 Å². The molecule has 2 N–H and O–H groups in total. The van der Waals surface area contributed by atoms with Crippen LogP contribution in [0, 0.1) is 6.92 Å². The predicted molar refractivity (Wildman–Crippen MR) is 105 cm³/mol. The SMILES string of the molecule is COC(=O)c1ccc(Nc2nc(C)c(Cc3ccc(Cl)cc3)c(=O)[nH]2)cc1. The monoisotopic (exact) mass is 383 g/mol. The molecule has 138 valence electrons. The van der Waals surface area contributed by atoms with Crippen LogP contribution in [0.4, 0.5) is 11.6 Å². The van der Waals surface area contributed by atoms with Crippen molar-refractivity contribution in [2.45, 2.75) is 13.3 Å². The third-order valence-electron chi connectivity index (χ3n) is 4.09. The van der Waals surface area contributed by atoms with Crippen LogP contribution >= 0.6 is 11.6 Å². The molecule has 6 nitrogen and oxygen atoms in total. The highest BCUT2D eigenvalue weighted by atomic mass is 35.5. The summed E-state index contributed by atoms with van der Waals surface area (Å²) in [5.74, 6) is -0.0707. The van der Waals surface area contributed by atoms with Crippen LogP contribution < -0.4 is 10.9 Å². The van der Waals surface area contributed by atoms with Gasteiger partial charge in [0, 0.05) is 22.7 Å². The lowest BCUT2D eigenvalue weighted by Gasteiger charge is -2.10. The van der Waals surface area contributed by atoms with E-state index in [4.69, 9.17) is 11.6 Å². The summed E-state index contributed by atoms with van der Waals surface area (Å²) in [7, 11) is 1.33. The number of carbonyl (C=O) groups excluding carboxylic acids is 1. The minimum atomic E-state index is -0.407. The Kier molecular flexibility index (Phi) is 5.57. The van der Waals surface area contributed by atoms with E-state index >= 15 is 0 Å². The van der Waals surface area contributed by atoms with E-state index in [0.29, 0.717) is 39.9 Å². The molecule has 0 radical (unpaired) electrons. The molecule has 2 aromatic carbocycles. The van der Waals surface area contributed by atoms with Gasteiger partial charge in [0.05, 0.1) is 18.4 Å². The zero-order valence-electron chi connectivity index (χ0n) is 14.9.